The van der Waals surface area contributed by atoms with Crippen molar-refractivity contribution in [1.29, 1.82) is 0 Å². The Bertz CT molecular complexity index is 535. The van der Waals surface area contributed by atoms with Gasteiger partial charge in [0.05, 0.1) is 6.07 Å². The van der Waals surface area contributed by atoms with Crippen LogP contribution in [0.1, 0.15) is 12.5 Å². The van der Waals surface area contributed by atoms with Crippen LogP contribution in [-0.4, -0.2) is 9.55 Å². The number of nitrogens with zero attached hydrogens (tertiary/aromatic N) is 2. The van der Waals surface area contributed by atoms with E-state index < -0.39 is 0 Å². The zero-order chi connectivity index (χ0) is 12.1. The molecular weight excluding hydrogens is 216 g/mol. The lowest BCUT2D eigenvalue weighted by Crippen LogP contribution is -2.18. The number of hydrogen-bond donors (Lipinski definition) is 0. The Balaban J connectivity index is 2.05. The summed E-state index contributed by atoms with van der Waals surface area (Å²) >= 11 is 0. The molecule has 4 heteroatoms. The summed E-state index contributed by atoms with van der Waals surface area (Å²) in [7, 11) is 0. The number of hydrogen-bond acceptors (Lipinski definition) is 3. The maximum atomic E-state index is 11.5. The molecule has 0 spiro atoms. The van der Waals surface area contributed by atoms with Crippen LogP contribution in [0.5, 0.6) is 5.88 Å². The van der Waals surface area contributed by atoms with Crippen LogP contribution in [0.2, 0.25) is 0 Å². The summed E-state index contributed by atoms with van der Waals surface area (Å²) < 4.78 is 6.97. The quantitative estimate of drug-likeness (QED) is 0.805. The molecule has 0 amide bonds. The van der Waals surface area contributed by atoms with Crippen LogP contribution in [0.3, 0.4) is 0 Å². The third-order valence-electron chi connectivity index (χ3n) is 2.42. The molecule has 2 rings (SSSR count). The van der Waals surface area contributed by atoms with Gasteiger partial charge in [0.25, 0.3) is 5.56 Å². The maximum absolute atomic E-state index is 11.5. The van der Waals surface area contributed by atoms with E-state index in [2.05, 4.69) is 4.98 Å². The zero-order valence-corrected chi connectivity index (χ0v) is 9.67. The number of ether oxygens (including phenoxy) is 1. The van der Waals surface area contributed by atoms with Gasteiger partial charge in [-0.15, -0.1) is 0 Å². The minimum atomic E-state index is -0.0921. The second kappa shape index (κ2) is 5.30. The highest BCUT2D eigenvalue weighted by molar-refractivity contribution is 5.15. The summed E-state index contributed by atoms with van der Waals surface area (Å²) in [6.07, 6.45) is 1.50. The van der Waals surface area contributed by atoms with E-state index in [1.165, 1.54) is 17.0 Å². The summed E-state index contributed by atoms with van der Waals surface area (Å²) in [5.41, 5.74) is 0.958. The molecule has 0 aliphatic heterocycles. The Morgan fingerprint density at radius 3 is 2.71 bits per heavy atom. The lowest BCUT2D eigenvalue weighted by molar-refractivity contribution is 0.291. The predicted octanol–water partition coefficient (Wildman–Crippen LogP) is 1.84. The highest BCUT2D eigenvalue weighted by Gasteiger charge is 2.00. The number of benzene rings is 1. The van der Waals surface area contributed by atoms with E-state index in [1.54, 1.807) is 0 Å². The smallest absolute Gasteiger partial charge is 0.257 e. The third kappa shape index (κ3) is 2.93. The van der Waals surface area contributed by atoms with Gasteiger partial charge in [-0.05, 0) is 12.5 Å². The molecule has 88 valence electrons. The SMILES string of the molecule is CCn1cnc(OCc2ccccc2)cc1=O. The first-order valence-corrected chi connectivity index (χ1v) is 5.53. The van der Waals surface area contributed by atoms with Crippen LogP contribution < -0.4 is 10.3 Å². The van der Waals surface area contributed by atoms with Crippen molar-refractivity contribution in [3.63, 3.8) is 0 Å². The molecule has 0 atom stereocenters. The number of aryl methyl sites for hydroxylation is 1. The molecule has 4 nitrogen and oxygen atoms in total. The van der Waals surface area contributed by atoms with E-state index in [-0.39, 0.29) is 5.56 Å². The fraction of sp³-hybridized carbons (Fsp3) is 0.231. The molecule has 1 aromatic carbocycles. The Morgan fingerprint density at radius 1 is 1.29 bits per heavy atom. The normalized spacial score (nSPS) is 10.2. The zero-order valence-electron chi connectivity index (χ0n) is 9.67. The van der Waals surface area contributed by atoms with Crippen LogP contribution >= 0.6 is 0 Å². The van der Waals surface area contributed by atoms with Gasteiger partial charge >= 0.3 is 0 Å². The molecule has 1 heterocycles. The van der Waals surface area contributed by atoms with Crippen LogP contribution in [0.15, 0.2) is 47.5 Å². The average molecular weight is 230 g/mol. The molecule has 0 aliphatic carbocycles. The molecule has 0 saturated carbocycles. The fourth-order valence-corrected chi connectivity index (χ4v) is 1.46. The molecule has 0 aliphatic rings. The van der Waals surface area contributed by atoms with Gasteiger partial charge in [0.2, 0.25) is 5.88 Å². The Kier molecular flexibility index (Phi) is 3.55. The summed E-state index contributed by atoms with van der Waals surface area (Å²) in [4.78, 5) is 15.6. The summed E-state index contributed by atoms with van der Waals surface area (Å²) in [6.45, 7) is 2.93. The van der Waals surface area contributed by atoms with Gasteiger partial charge in [-0.25, -0.2) is 4.98 Å². The first-order valence-electron chi connectivity index (χ1n) is 5.53. The van der Waals surface area contributed by atoms with Crippen molar-refractivity contribution in [1.82, 2.24) is 9.55 Å². The van der Waals surface area contributed by atoms with Gasteiger partial charge in [-0.1, -0.05) is 30.3 Å². The van der Waals surface area contributed by atoms with E-state index >= 15 is 0 Å². The van der Waals surface area contributed by atoms with Crippen molar-refractivity contribution in [3.8, 4) is 5.88 Å². The summed E-state index contributed by atoms with van der Waals surface area (Å²) in [5.74, 6) is 0.364. The topological polar surface area (TPSA) is 44.1 Å². The van der Waals surface area contributed by atoms with E-state index in [9.17, 15) is 4.79 Å². The van der Waals surface area contributed by atoms with Crippen molar-refractivity contribution in [2.24, 2.45) is 0 Å². The molecular formula is C13H14N2O2. The van der Waals surface area contributed by atoms with Gasteiger partial charge in [-0.3, -0.25) is 9.36 Å². The second-order valence-corrected chi connectivity index (χ2v) is 3.63. The van der Waals surface area contributed by atoms with Crippen LogP contribution in [0, 0.1) is 0 Å². The Labute approximate surface area is 99.5 Å². The van der Waals surface area contributed by atoms with Gasteiger partial charge < -0.3 is 4.74 Å². The lowest BCUT2D eigenvalue weighted by Gasteiger charge is -2.06. The number of rotatable bonds is 4. The molecule has 2 aromatic rings. The maximum Gasteiger partial charge on any atom is 0.257 e. The van der Waals surface area contributed by atoms with Crippen molar-refractivity contribution in [2.45, 2.75) is 20.1 Å². The Hall–Kier alpha value is -2.10. The summed E-state index contributed by atoms with van der Waals surface area (Å²) in [6, 6.07) is 11.2. The third-order valence-corrected chi connectivity index (χ3v) is 2.42. The first-order chi connectivity index (χ1) is 8.29. The fourth-order valence-electron chi connectivity index (χ4n) is 1.46. The van der Waals surface area contributed by atoms with E-state index in [0.29, 0.717) is 19.0 Å². The van der Waals surface area contributed by atoms with Crippen molar-refractivity contribution in [2.75, 3.05) is 0 Å². The van der Waals surface area contributed by atoms with Crippen molar-refractivity contribution in [3.05, 3.63) is 58.6 Å². The second-order valence-electron chi connectivity index (χ2n) is 3.63. The van der Waals surface area contributed by atoms with E-state index in [1.807, 2.05) is 37.3 Å². The monoisotopic (exact) mass is 230 g/mol. The summed E-state index contributed by atoms with van der Waals surface area (Å²) in [5, 5.41) is 0. The highest BCUT2D eigenvalue weighted by Crippen LogP contribution is 2.05. The number of aromatic nitrogens is 2. The molecule has 0 fully saturated rings. The predicted molar refractivity (Wildman–Crippen MR) is 64.9 cm³/mol. The van der Waals surface area contributed by atoms with Crippen molar-refractivity contribution < 1.29 is 4.74 Å². The lowest BCUT2D eigenvalue weighted by atomic mass is 10.2. The van der Waals surface area contributed by atoms with E-state index in [4.69, 9.17) is 4.74 Å². The van der Waals surface area contributed by atoms with E-state index in [0.717, 1.165) is 5.56 Å². The average Bonchev–Trinajstić information content (AvgIpc) is 2.38. The van der Waals surface area contributed by atoms with Gasteiger partial charge in [0.1, 0.15) is 12.9 Å². The molecule has 0 unspecified atom stereocenters. The molecule has 0 radical (unpaired) electrons. The molecule has 0 N–H and O–H groups in total. The minimum absolute atomic E-state index is 0.0921. The molecule has 0 saturated heterocycles. The first kappa shape index (κ1) is 11.4. The Morgan fingerprint density at radius 2 is 2.06 bits per heavy atom. The highest BCUT2D eigenvalue weighted by atomic mass is 16.5. The van der Waals surface area contributed by atoms with Crippen molar-refractivity contribution >= 4 is 0 Å². The largest absolute Gasteiger partial charge is 0.473 e. The van der Waals surface area contributed by atoms with Crippen LogP contribution in [0.4, 0.5) is 0 Å². The van der Waals surface area contributed by atoms with Crippen LogP contribution in [-0.2, 0) is 13.2 Å². The molecule has 1 aromatic heterocycles. The standard InChI is InChI=1S/C13H14N2O2/c1-2-15-10-14-12(8-13(15)16)17-9-11-6-4-3-5-7-11/h3-8,10H,2,9H2,1H3. The van der Waals surface area contributed by atoms with Gasteiger partial charge in [-0.2, -0.15) is 0 Å². The van der Waals surface area contributed by atoms with Crippen LogP contribution in [0.25, 0.3) is 0 Å². The van der Waals surface area contributed by atoms with Gasteiger partial charge in [0.15, 0.2) is 0 Å². The molecule has 17 heavy (non-hydrogen) atoms. The van der Waals surface area contributed by atoms with Gasteiger partial charge in [0, 0.05) is 6.54 Å². The molecule has 0 bridgehead atoms. The minimum Gasteiger partial charge on any atom is -0.473 e.